The maximum Gasteiger partial charge on any atom is 0.265 e. The molecule has 3 aromatic carbocycles. The molecule has 3 rings (SSSR count). The molecule has 0 fully saturated rings. The Balaban J connectivity index is 1.49. The number of halogens is 1. The Labute approximate surface area is 214 Å². The van der Waals surface area contributed by atoms with Crippen molar-refractivity contribution in [3.8, 4) is 11.5 Å². The number of nitrogens with one attached hydrogen (secondary N) is 3. The van der Waals surface area contributed by atoms with Crippen LogP contribution in [0.5, 0.6) is 11.5 Å². The molecule has 3 N–H and O–H groups in total. The number of hydrogen-bond donors (Lipinski definition) is 3. The molecule has 0 aliphatic carbocycles. The van der Waals surface area contributed by atoms with Crippen LogP contribution in [0.15, 0.2) is 72.8 Å². The molecule has 1 unspecified atom stereocenters. The van der Waals surface area contributed by atoms with Gasteiger partial charge in [0.25, 0.3) is 11.8 Å². The van der Waals surface area contributed by atoms with E-state index in [2.05, 4.69) is 16.0 Å². The standard InChI is InChI=1S/C26H26ClN3O4S/c1-16(2)33-21-14-8-18(9-15-21)25(32)30-26(35)29-20-12-10-19(11-13-20)28-24(31)17(3)34-23-7-5-4-6-22(23)27/h4-17H,1-3H3,(H,28,31)(H2,29,30,32,35). The Kier molecular flexibility index (Phi) is 9.05. The lowest BCUT2D eigenvalue weighted by Gasteiger charge is -2.16. The molecule has 1 atom stereocenters. The lowest BCUT2D eigenvalue weighted by molar-refractivity contribution is -0.122. The first kappa shape index (κ1) is 26.0. The topological polar surface area (TPSA) is 88.7 Å². The van der Waals surface area contributed by atoms with Crippen molar-refractivity contribution in [2.75, 3.05) is 10.6 Å². The molecule has 2 amide bonds. The maximum atomic E-state index is 12.4. The van der Waals surface area contributed by atoms with Crippen LogP contribution < -0.4 is 25.4 Å². The van der Waals surface area contributed by atoms with Gasteiger partial charge in [-0.25, -0.2) is 0 Å². The predicted octanol–water partition coefficient (Wildman–Crippen LogP) is 5.66. The maximum absolute atomic E-state index is 12.4. The Morgan fingerprint density at radius 2 is 1.43 bits per heavy atom. The third kappa shape index (κ3) is 7.98. The van der Waals surface area contributed by atoms with E-state index in [1.54, 1.807) is 79.7 Å². The van der Waals surface area contributed by atoms with Gasteiger partial charge in [0, 0.05) is 16.9 Å². The highest BCUT2D eigenvalue weighted by Crippen LogP contribution is 2.24. The summed E-state index contributed by atoms with van der Waals surface area (Å²) >= 11 is 11.3. The monoisotopic (exact) mass is 511 g/mol. The molecule has 182 valence electrons. The number of thiocarbonyl (C=S) groups is 1. The summed E-state index contributed by atoms with van der Waals surface area (Å²) in [5, 5.41) is 8.95. The number of benzene rings is 3. The van der Waals surface area contributed by atoms with Crippen LogP contribution in [0, 0.1) is 0 Å². The second-order valence-corrected chi connectivity index (χ2v) is 8.67. The van der Waals surface area contributed by atoms with Gasteiger partial charge in [0.05, 0.1) is 11.1 Å². The number of carbonyl (C=O) groups is 2. The summed E-state index contributed by atoms with van der Waals surface area (Å²) in [6, 6.07) is 20.6. The van der Waals surface area contributed by atoms with Crippen molar-refractivity contribution in [1.82, 2.24) is 5.32 Å². The summed E-state index contributed by atoms with van der Waals surface area (Å²) in [7, 11) is 0. The fourth-order valence-corrected chi connectivity index (χ4v) is 3.35. The molecular weight excluding hydrogens is 486 g/mol. The number of amides is 2. The molecule has 0 aromatic heterocycles. The lowest BCUT2D eigenvalue weighted by atomic mass is 10.2. The Hall–Kier alpha value is -3.62. The second kappa shape index (κ2) is 12.2. The highest BCUT2D eigenvalue weighted by Gasteiger charge is 2.16. The number of hydrogen-bond acceptors (Lipinski definition) is 5. The molecule has 0 aliphatic heterocycles. The zero-order valence-electron chi connectivity index (χ0n) is 19.5. The number of para-hydroxylation sites is 1. The second-order valence-electron chi connectivity index (χ2n) is 7.86. The highest BCUT2D eigenvalue weighted by atomic mass is 35.5. The van der Waals surface area contributed by atoms with Gasteiger partial charge in [0.2, 0.25) is 0 Å². The minimum Gasteiger partial charge on any atom is -0.491 e. The van der Waals surface area contributed by atoms with E-state index in [-0.39, 0.29) is 23.0 Å². The van der Waals surface area contributed by atoms with Crippen LogP contribution in [0.2, 0.25) is 5.02 Å². The summed E-state index contributed by atoms with van der Waals surface area (Å²) in [5.74, 6) is 0.467. The minimum atomic E-state index is -0.749. The Morgan fingerprint density at radius 3 is 2.03 bits per heavy atom. The zero-order chi connectivity index (χ0) is 25.4. The van der Waals surface area contributed by atoms with Crippen LogP contribution in [0.25, 0.3) is 0 Å². The van der Waals surface area contributed by atoms with E-state index in [0.717, 1.165) is 0 Å². The molecule has 9 heteroatoms. The van der Waals surface area contributed by atoms with Crippen molar-refractivity contribution >= 4 is 52.1 Å². The van der Waals surface area contributed by atoms with Gasteiger partial charge < -0.3 is 20.1 Å². The van der Waals surface area contributed by atoms with Crippen LogP contribution in [0.1, 0.15) is 31.1 Å². The van der Waals surface area contributed by atoms with Crippen molar-refractivity contribution in [2.45, 2.75) is 33.0 Å². The van der Waals surface area contributed by atoms with E-state index >= 15 is 0 Å². The van der Waals surface area contributed by atoms with Crippen LogP contribution >= 0.6 is 23.8 Å². The number of carbonyl (C=O) groups excluding carboxylic acids is 2. The van der Waals surface area contributed by atoms with Gasteiger partial charge in [0.15, 0.2) is 11.2 Å². The predicted molar refractivity (Wildman–Crippen MR) is 143 cm³/mol. The molecular formula is C26H26ClN3O4S. The van der Waals surface area contributed by atoms with Gasteiger partial charge in [-0.1, -0.05) is 23.7 Å². The van der Waals surface area contributed by atoms with Crippen molar-refractivity contribution in [3.63, 3.8) is 0 Å². The molecule has 35 heavy (non-hydrogen) atoms. The molecule has 0 aliphatic rings. The average Bonchev–Trinajstić information content (AvgIpc) is 2.81. The van der Waals surface area contributed by atoms with E-state index in [0.29, 0.717) is 33.5 Å². The van der Waals surface area contributed by atoms with Crippen molar-refractivity contribution in [2.24, 2.45) is 0 Å². The molecule has 0 spiro atoms. The van der Waals surface area contributed by atoms with Gasteiger partial charge >= 0.3 is 0 Å². The molecule has 3 aromatic rings. The fraction of sp³-hybridized carbons (Fsp3) is 0.192. The van der Waals surface area contributed by atoms with E-state index in [1.807, 2.05) is 13.8 Å². The van der Waals surface area contributed by atoms with Crippen molar-refractivity contribution in [1.29, 1.82) is 0 Å². The molecule has 0 saturated heterocycles. The first-order valence-electron chi connectivity index (χ1n) is 10.9. The number of rotatable bonds is 8. The molecule has 0 radical (unpaired) electrons. The summed E-state index contributed by atoms with van der Waals surface area (Å²) in [4.78, 5) is 24.9. The highest BCUT2D eigenvalue weighted by molar-refractivity contribution is 7.80. The molecule has 7 nitrogen and oxygen atoms in total. The van der Waals surface area contributed by atoms with E-state index in [4.69, 9.17) is 33.3 Å². The quantitative estimate of drug-likeness (QED) is 0.338. The van der Waals surface area contributed by atoms with E-state index in [9.17, 15) is 9.59 Å². The summed E-state index contributed by atoms with van der Waals surface area (Å²) in [5.41, 5.74) is 1.68. The van der Waals surface area contributed by atoms with E-state index in [1.165, 1.54) is 0 Å². The van der Waals surface area contributed by atoms with Crippen LogP contribution in [0.4, 0.5) is 11.4 Å². The van der Waals surface area contributed by atoms with Gasteiger partial charge in [-0.2, -0.15) is 0 Å². The summed E-state index contributed by atoms with van der Waals surface area (Å²) in [6.07, 6.45) is -0.697. The average molecular weight is 512 g/mol. The fourth-order valence-electron chi connectivity index (χ4n) is 2.96. The first-order chi connectivity index (χ1) is 16.7. The summed E-state index contributed by atoms with van der Waals surface area (Å²) < 4.78 is 11.2. The Bertz CT molecular complexity index is 1180. The third-order valence-electron chi connectivity index (χ3n) is 4.64. The van der Waals surface area contributed by atoms with Gasteiger partial charge in [-0.15, -0.1) is 0 Å². The molecule has 0 heterocycles. The van der Waals surface area contributed by atoms with E-state index < -0.39 is 6.10 Å². The zero-order valence-corrected chi connectivity index (χ0v) is 21.1. The first-order valence-corrected chi connectivity index (χ1v) is 11.7. The molecule has 0 saturated carbocycles. The summed E-state index contributed by atoms with van der Waals surface area (Å²) in [6.45, 7) is 5.51. The molecule has 0 bridgehead atoms. The lowest BCUT2D eigenvalue weighted by Crippen LogP contribution is -2.34. The van der Waals surface area contributed by atoms with Crippen LogP contribution in [-0.4, -0.2) is 29.1 Å². The Morgan fingerprint density at radius 1 is 0.829 bits per heavy atom. The van der Waals surface area contributed by atoms with Crippen molar-refractivity contribution < 1.29 is 19.1 Å². The van der Waals surface area contributed by atoms with Gasteiger partial charge in [-0.3, -0.25) is 14.9 Å². The van der Waals surface area contributed by atoms with Crippen molar-refractivity contribution in [3.05, 3.63) is 83.4 Å². The van der Waals surface area contributed by atoms with Gasteiger partial charge in [0.1, 0.15) is 11.5 Å². The smallest absolute Gasteiger partial charge is 0.265 e. The SMILES string of the molecule is CC(C)Oc1ccc(C(=O)NC(=S)Nc2ccc(NC(=O)C(C)Oc3ccccc3Cl)cc2)cc1. The normalized spacial score (nSPS) is 11.3. The van der Waals surface area contributed by atoms with Crippen LogP contribution in [-0.2, 0) is 4.79 Å². The number of ether oxygens (including phenoxy) is 2. The third-order valence-corrected chi connectivity index (χ3v) is 5.15. The van der Waals surface area contributed by atoms with Crippen LogP contribution in [0.3, 0.4) is 0 Å². The largest absolute Gasteiger partial charge is 0.491 e. The van der Waals surface area contributed by atoms with Gasteiger partial charge in [-0.05, 0) is 93.7 Å². The number of anilines is 2. The minimum absolute atomic E-state index is 0.0521.